The minimum absolute atomic E-state index is 0.303. The molecule has 1 unspecified atom stereocenters. The Morgan fingerprint density at radius 3 is 2.91 bits per heavy atom. The van der Waals surface area contributed by atoms with Gasteiger partial charge in [-0.05, 0) is 62.3 Å². The van der Waals surface area contributed by atoms with Gasteiger partial charge in [-0.15, -0.1) is 0 Å². The third-order valence-electron chi connectivity index (χ3n) is 6.38. The summed E-state index contributed by atoms with van der Waals surface area (Å²) >= 11 is 6.22. The van der Waals surface area contributed by atoms with Crippen LogP contribution in [-0.4, -0.2) is 72.5 Å². The van der Waals surface area contributed by atoms with Crippen molar-refractivity contribution in [1.82, 2.24) is 20.1 Å². The summed E-state index contributed by atoms with van der Waals surface area (Å²) < 4.78 is 0. The summed E-state index contributed by atoms with van der Waals surface area (Å²) in [5.74, 6) is 0.737. The lowest BCUT2D eigenvalue weighted by Crippen LogP contribution is -2.41. The van der Waals surface area contributed by atoms with Crippen molar-refractivity contribution >= 4 is 40.7 Å². The molecule has 3 amide bonds. The van der Waals surface area contributed by atoms with E-state index in [2.05, 4.69) is 39.3 Å². The minimum Gasteiger partial charge on any atom is -0.336 e. The molecule has 1 aromatic heterocycles. The first-order valence-corrected chi connectivity index (χ1v) is 12.0. The highest BCUT2D eigenvalue weighted by Gasteiger charge is 2.31. The third-order valence-corrected chi connectivity index (χ3v) is 6.62. The number of carbonyl (C=O) groups is 2. The number of rotatable bonds is 7. The third kappa shape index (κ3) is 5.29. The Bertz CT molecular complexity index is 1010. The number of amides is 3. The highest BCUT2D eigenvalue weighted by molar-refractivity contribution is 6.31. The highest BCUT2D eigenvalue weighted by Crippen LogP contribution is 2.37. The molecule has 0 bridgehead atoms. The molecule has 1 saturated heterocycles. The summed E-state index contributed by atoms with van der Waals surface area (Å²) in [6.45, 7) is 11.1. The largest absolute Gasteiger partial charge is 0.336 e. The predicted octanol–water partition coefficient (Wildman–Crippen LogP) is 3.81. The Hall–Kier alpha value is -2.68. The van der Waals surface area contributed by atoms with E-state index in [-0.39, 0.29) is 11.9 Å². The van der Waals surface area contributed by atoms with E-state index in [1.54, 1.807) is 36.5 Å². The van der Waals surface area contributed by atoms with Crippen molar-refractivity contribution in [2.24, 2.45) is 5.92 Å². The number of halogens is 1. The van der Waals surface area contributed by atoms with Gasteiger partial charge in [0.1, 0.15) is 0 Å². The van der Waals surface area contributed by atoms with E-state index in [1.165, 1.54) is 11.3 Å². The summed E-state index contributed by atoms with van der Waals surface area (Å²) in [5.41, 5.74) is 1.26. The van der Waals surface area contributed by atoms with E-state index < -0.39 is 0 Å². The number of hydrogen-bond acceptors (Lipinski definition) is 5. The number of fused-ring (bicyclic) bond motifs is 2. The first kappa shape index (κ1) is 23.5. The number of nitrogens with zero attached hydrogens (tertiary/aromatic N) is 4. The molecule has 1 atom stereocenters. The lowest BCUT2D eigenvalue weighted by atomic mass is 10.1. The Morgan fingerprint density at radius 1 is 1.30 bits per heavy atom. The zero-order valence-corrected chi connectivity index (χ0v) is 19.9. The lowest BCUT2D eigenvalue weighted by Gasteiger charge is -2.24. The maximum Gasteiger partial charge on any atom is 0.327 e. The molecule has 33 heavy (non-hydrogen) atoms. The van der Waals surface area contributed by atoms with Gasteiger partial charge in [-0.25, -0.2) is 14.7 Å². The number of hydrogen-bond donors (Lipinski definition) is 2. The van der Waals surface area contributed by atoms with Gasteiger partial charge in [-0.1, -0.05) is 25.4 Å². The normalized spacial score (nSPS) is 18.0. The molecular weight excluding hydrogens is 440 g/mol. The minimum atomic E-state index is -0.339. The lowest BCUT2D eigenvalue weighted by molar-refractivity contribution is 0.102. The van der Waals surface area contributed by atoms with E-state index in [0.29, 0.717) is 40.2 Å². The summed E-state index contributed by atoms with van der Waals surface area (Å²) in [6.07, 6.45) is 2.79. The van der Waals surface area contributed by atoms with Crippen LogP contribution in [0.15, 0.2) is 36.5 Å². The molecule has 9 heteroatoms. The number of aromatic nitrogens is 1. The molecule has 0 aliphatic carbocycles. The monoisotopic (exact) mass is 470 g/mol. The summed E-state index contributed by atoms with van der Waals surface area (Å²) in [7, 11) is 0. The second-order valence-corrected chi connectivity index (χ2v) is 8.94. The van der Waals surface area contributed by atoms with Crippen molar-refractivity contribution in [3.8, 4) is 0 Å². The van der Waals surface area contributed by atoms with Crippen molar-refractivity contribution in [1.29, 1.82) is 0 Å². The number of likely N-dealkylation sites (tertiary alicyclic amines) is 1. The smallest absolute Gasteiger partial charge is 0.327 e. The van der Waals surface area contributed by atoms with E-state index >= 15 is 0 Å². The number of urea groups is 1. The van der Waals surface area contributed by atoms with Crippen LogP contribution in [0.2, 0.25) is 5.02 Å². The molecule has 2 N–H and O–H groups in total. The number of nitrogens with one attached hydrogen (secondary N) is 2. The van der Waals surface area contributed by atoms with Crippen LogP contribution in [0.5, 0.6) is 0 Å². The molecule has 2 aliphatic heterocycles. The molecule has 1 fully saturated rings. The van der Waals surface area contributed by atoms with Gasteiger partial charge in [0.15, 0.2) is 5.82 Å². The molecule has 8 nitrogen and oxygen atoms in total. The van der Waals surface area contributed by atoms with Gasteiger partial charge >= 0.3 is 6.03 Å². The van der Waals surface area contributed by atoms with Gasteiger partial charge in [-0.2, -0.15) is 0 Å². The van der Waals surface area contributed by atoms with Crippen molar-refractivity contribution in [3.05, 3.63) is 47.1 Å². The van der Waals surface area contributed by atoms with Crippen LogP contribution in [0.4, 0.5) is 22.0 Å². The molecule has 0 spiro atoms. The summed E-state index contributed by atoms with van der Waals surface area (Å²) in [4.78, 5) is 36.7. The molecule has 0 radical (unpaired) electrons. The molecular formula is C24H31ClN6O2. The quantitative estimate of drug-likeness (QED) is 0.643. The van der Waals surface area contributed by atoms with Gasteiger partial charge in [0.25, 0.3) is 5.91 Å². The average Bonchev–Trinajstić information content (AvgIpc) is 3.21. The second kappa shape index (κ2) is 10.5. The Labute approximate surface area is 199 Å². The first-order valence-electron chi connectivity index (χ1n) is 11.6. The zero-order chi connectivity index (χ0) is 23.4. The van der Waals surface area contributed by atoms with Crippen molar-refractivity contribution in [3.63, 3.8) is 0 Å². The van der Waals surface area contributed by atoms with E-state index in [0.717, 1.165) is 39.3 Å². The number of carbonyl (C=O) groups excluding carboxylic acids is 2. The van der Waals surface area contributed by atoms with E-state index in [9.17, 15) is 9.59 Å². The molecule has 1 aromatic carbocycles. The van der Waals surface area contributed by atoms with Crippen LogP contribution in [0.1, 0.15) is 30.6 Å². The van der Waals surface area contributed by atoms with Crippen molar-refractivity contribution < 1.29 is 9.59 Å². The SMILES string of the molecule is CCN(CC)CC1CCN(CCNC(=O)N2c3cc(Cl)ccc3C(=O)Nc3cccnc32)C1. The molecule has 4 rings (SSSR count). The van der Waals surface area contributed by atoms with E-state index in [1.807, 2.05) is 0 Å². The molecule has 2 aliphatic rings. The number of pyridine rings is 1. The second-order valence-electron chi connectivity index (χ2n) is 8.50. The number of benzene rings is 1. The number of anilines is 3. The first-order chi connectivity index (χ1) is 16.0. The Kier molecular flexibility index (Phi) is 7.47. The highest BCUT2D eigenvalue weighted by atomic mass is 35.5. The maximum absolute atomic E-state index is 13.3. The van der Waals surface area contributed by atoms with Gasteiger partial charge in [-0.3, -0.25) is 4.79 Å². The van der Waals surface area contributed by atoms with Crippen LogP contribution < -0.4 is 15.5 Å². The molecule has 3 heterocycles. The fourth-order valence-electron chi connectivity index (χ4n) is 4.58. The maximum atomic E-state index is 13.3. The molecule has 2 aromatic rings. The standard InChI is InChI=1S/C24H31ClN6O2/c1-3-29(4-2)15-17-9-12-30(16-17)13-11-27-24(33)31-21-14-18(25)7-8-19(21)23(32)28-20-6-5-10-26-22(20)31/h5-8,10,14,17H,3-4,9,11-13,15-16H2,1-2H3,(H,27,33)(H,28,32). The van der Waals surface area contributed by atoms with Gasteiger partial charge in [0, 0.05) is 37.4 Å². The molecule has 176 valence electrons. The summed E-state index contributed by atoms with van der Waals surface area (Å²) in [6, 6.07) is 8.00. The van der Waals surface area contributed by atoms with Gasteiger partial charge in [0.2, 0.25) is 0 Å². The van der Waals surface area contributed by atoms with Crippen LogP contribution in [0.3, 0.4) is 0 Å². The summed E-state index contributed by atoms with van der Waals surface area (Å²) in [5, 5.41) is 6.29. The van der Waals surface area contributed by atoms with Crippen LogP contribution in [0, 0.1) is 5.92 Å². The Balaban J connectivity index is 1.44. The molecule has 0 saturated carbocycles. The van der Waals surface area contributed by atoms with E-state index in [4.69, 9.17) is 11.6 Å². The Morgan fingerprint density at radius 2 is 2.12 bits per heavy atom. The fraction of sp³-hybridized carbons (Fsp3) is 0.458. The van der Waals surface area contributed by atoms with Crippen LogP contribution in [0.25, 0.3) is 0 Å². The van der Waals surface area contributed by atoms with Gasteiger partial charge in [0.05, 0.1) is 16.9 Å². The fourth-order valence-corrected chi connectivity index (χ4v) is 4.74. The van der Waals surface area contributed by atoms with Crippen LogP contribution >= 0.6 is 11.6 Å². The topological polar surface area (TPSA) is 80.8 Å². The zero-order valence-electron chi connectivity index (χ0n) is 19.2. The average molecular weight is 471 g/mol. The van der Waals surface area contributed by atoms with Crippen molar-refractivity contribution in [2.45, 2.75) is 20.3 Å². The van der Waals surface area contributed by atoms with Gasteiger partial charge < -0.3 is 20.4 Å². The predicted molar refractivity (Wildman–Crippen MR) is 132 cm³/mol. The van der Waals surface area contributed by atoms with Crippen LogP contribution in [-0.2, 0) is 0 Å². The van der Waals surface area contributed by atoms with Crippen molar-refractivity contribution in [2.75, 3.05) is 56.0 Å².